The molecule has 0 saturated carbocycles. The first kappa shape index (κ1) is 34.2. The molecule has 2 amide bonds. The lowest BCUT2D eigenvalue weighted by atomic mass is 10.0. The molecule has 0 aliphatic rings. The van der Waals surface area contributed by atoms with Crippen LogP contribution in [-0.4, -0.2) is 49.0 Å². The molecule has 3 aromatic carbocycles. The molecule has 42 heavy (non-hydrogen) atoms. The van der Waals surface area contributed by atoms with Crippen LogP contribution in [0.25, 0.3) is 0 Å². The summed E-state index contributed by atoms with van der Waals surface area (Å²) in [5, 5.41) is 2.83. The number of hydrogen-bond acceptors (Lipinski definition) is 4. The molecule has 0 spiro atoms. The second kappa shape index (κ2) is 18.4. The number of rotatable bonds is 13. The molecule has 224 valence electrons. The Morgan fingerprint density at radius 3 is 2.24 bits per heavy atom. The average Bonchev–Trinajstić information content (AvgIpc) is 2.99. The lowest BCUT2D eigenvalue weighted by Crippen LogP contribution is -2.40. The van der Waals surface area contributed by atoms with Crippen molar-refractivity contribution in [3.8, 4) is 12.3 Å². The summed E-state index contributed by atoms with van der Waals surface area (Å²) in [4.78, 5) is 27.6. The van der Waals surface area contributed by atoms with Gasteiger partial charge in [-0.25, -0.2) is 4.39 Å². The number of amides is 2. The number of nitrogens with zero attached hydrogens (tertiary/aromatic N) is 1. The number of aryl methyl sites for hydroxylation is 2. The highest BCUT2D eigenvalue weighted by atomic mass is 19.1. The normalized spacial score (nSPS) is 11.1. The largest absolute Gasteiger partial charge is 0.375 e. The van der Waals surface area contributed by atoms with Gasteiger partial charge in [-0.3, -0.25) is 9.59 Å². The van der Waals surface area contributed by atoms with Crippen LogP contribution < -0.4 is 11.1 Å². The quantitative estimate of drug-likeness (QED) is 0.249. The van der Waals surface area contributed by atoms with Crippen molar-refractivity contribution in [2.45, 2.75) is 59.6 Å². The van der Waals surface area contributed by atoms with Gasteiger partial charge in [-0.05, 0) is 73.2 Å². The van der Waals surface area contributed by atoms with E-state index in [-0.39, 0.29) is 30.2 Å². The molecule has 0 fully saturated rings. The molecular weight excluding hydrogens is 529 g/mol. The number of nitrogens with one attached hydrogen (secondary N) is 1. The zero-order valence-electron chi connectivity index (χ0n) is 25.3. The van der Waals surface area contributed by atoms with Crippen LogP contribution in [0.3, 0.4) is 0 Å². The van der Waals surface area contributed by atoms with Gasteiger partial charge in [0.1, 0.15) is 5.82 Å². The molecule has 0 saturated heterocycles. The molecule has 0 radical (unpaired) electrons. The minimum Gasteiger partial charge on any atom is -0.375 e. The van der Waals surface area contributed by atoms with Crippen molar-refractivity contribution >= 4 is 11.8 Å². The van der Waals surface area contributed by atoms with Crippen LogP contribution in [0.2, 0.25) is 0 Å². The number of nitrogens with two attached hydrogens (primary N) is 1. The maximum atomic E-state index is 13.0. The number of halogens is 1. The first-order valence-corrected chi connectivity index (χ1v) is 14.5. The third-order valence-corrected chi connectivity index (χ3v) is 6.39. The van der Waals surface area contributed by atoms with E-state index in [9.17, 15) is 14.0 Å². The zero-order chi connectivity index (χ0) is 30.9. The van der Waals surface area contributed by atoms with E-state index in [4.69, 9.17) is 16.9 Å². The van der Waals surface area contributed by atoms with E-state index in [0.29, 0.717) is 43.0 Å². The SMILES string of the molecule is C#Cc1cc(C(=O)NCC(N)COCc2cccc(CC)c2)cc(C(=O)N(CCC)CCC)c1.Cc1cccc(F)c1. The Hall–Kier alpha value is -3.99. The number of carbonyl (C=O) groups excluding carboxylic acids is 2. The summed E-state index contributed by atoms with van der Waals surface area (Å²) < 4.78 is 17.9. The van der Waals surface area contributed by atoms with Crippen molar-refractivity contribution in [3.63, 3.8) is 0 Å². The maximum Gasteiger partial charge on any atom is 0.253 e. The van der Waals surface area contributed by atoms with E-state index in [0.717, 1.165) is 30.4 Å². The van der Waals surface area contributed by atoms with Gasteiger partial charge >= 0.3 is 0 Å². The van der Waals surface area contributed by atoms with Crippen molar-refractivity contribution in [1.29, 1.82) is 0 Å². The molecule has 1 unspecified atom stereocenters. The van der Waals surface area contributed by atoms with E-state index < -0.39 is 0 Å². The highest BCUT2D eigenvalue weighted by molar-refractivity contribution is 6.00. The second-order valence-electron chi connectivity index (χ2n) is 10.2. The van der Waals surface area contributed by atoms with E-state index in [1.54, 1.807) is 29.2 Å². The number of terminal acetylenes is 1. The van der Waals surface area contributed by atoms with Crippen molar-refractivity contribution in [1.82, 2.24) is 10.2 Å². The number of carbonyl (C=O) groups is 2. The minimum absolute atomic E-state index is 0.118. The standard InChI is InChI=1S/C28H37N3O3.C7H7F/c1-5-12-31(13-6-2)28(33)25-16-22(8-4)15-24(17-25)27(32)30-18-26(29)20-34-19-23-11-9-10-21(7-3)14-23;1-6-3-2-4-7(8)5-6/h4,9-11,14-17,26H,5-7,12-13,18-20,29H2,1-3H3,(H,30,32);2-5H,1H3. The summed E-state index contributed by atoms with van der Waals surface area (Å²) >= 11 is 0. The molecule has 0 bridgehead atoms. The monoisotopic (exact) mass is 573 g/mol. The summed E-state index contributed by atoms with van der Waals surface area (Å²) in [6.07, 6.45) is 8.27. The number of hydrogen-bond donors (Lipinski definition) is 2. The first-order valence-electron chi connectivity index (χ1n) is 14.5. The molecule has 7 heteroatoms. The molecule has 3 N–H and O–H groups in total. The molecule has 3 aromatic rings. The summed E-state index contributed by atoms with van der Waals surface area (Å²) in [6.45, 7) is 10.4. The van der Waals surface area contributed by atoms with E-state index >= 15 is 0 Å². The Kier molecular flexibility index (Phi) is 15.0. The van der Waals surface area contributed by atoms with Gasteiger partial charge in [-0.15, -0.1) is 6.42 Å². The third kappa shape index (κ3) is 11.9. The van der Waals surface area contributed by atoms with Crippen molar-refractivity contribution in [2.75, 3.05) is 26.2 Å². The van der Waals surface area contributed by atoms with Crippen LogP contribution in [0.1, 0.15) is 76.6 Å². The molecule has 0 heterocycles. The van der Waals surface area contributed by atoms with Gasteiger partial charge in [0.25, 0.3) is 11.8 Å². The lowest BCUT2D eigenvalue weighted by molar-refractivity contribution is 0.0755. The van der Waals surface area contributed by atoms with Gasteiger partial charge in [0.2, 0.25) is 0 Å². The molecule has 3 rings (SSSR count). The van der Waals surface area contributed by atoms with Gasteiger partial charge < -0.3 is 20.7 Å². The summed E-state index contributed by atoms with van der Waals surface area (Å²) in [7, 11) is 0. The number of benzene rings is 3. The Bertz CT molecular complexity index is 1310. The summed E-state index contributed by atoms with van der Waals surface area (Å²) in [5.74, 6) is 1.94. The van der Waals surface area contributed by atoms with Gasteiger partial charge in [0.15, 0.2) is 0 Å². The van der Waals surface area contributed by atoms with Crippen LogP contribution in [-0.2, 0) is 17.8 Å². The molecule has 0 aromatic heterocycles. The van der Waals surface area contributed by atoms with Crippen molar-refractivity contribution in [2.24, 2.45) is 5.73 Å². The van der Waals surface area contributed by atoms with Gasteiger partial charge in [0.05, 0.1) is 13.2 Å². The predicted molar refractivity (Wildman–Crippen MR) is 168 cm³/mol. The zero-order valence-corrected chi connectivity index (χ0v) is 25.3. The van der Waals surface area contributed by atoms with E-state index in [1.807, 2.05) is 39.0 Å². The molecule has 0 aliphatic carbocycles. The molecule has 0 aliphatic heterocycles. The smallest absolute Gasteiger partial charge is 0.253 e. The second-order valence-corrected chi connectivity index (χ2v) is 10.2. The third-order valence-electron chi connectivity index (χ3n) is 6.39. The van der Waals surface area contributed by atoms with Gasteiger partial charge in [-0.1, -0.05) is 63.1 Å². The molecule has 6 nitrogen and oxygen atoms in total. The van der Waals surface area contributed by atoms with E-state index in [2.05, 4.69) is 30.3 Å². The number of ether oxygens (including phenoxy) is 1. The predicted octanol–water partition coefficient (Wildman–Crippen LogP) is 5.90. The van der Waals surface area contributed by atoms with Crippen LogP contribution in [0.15, 0.2) is 66.7 Å². The first-order chi connectivity index (χ1) is 20.2. The Morgan fingerprint density at radius 2 is 1.64 bits per heavy atom. The van der Waals surface area contributed by atoms with Crippen molar-refractivity contribution < 1.29 is 18.7 Å². The fourth-order valence-electron chi connectivity index (χ4n) is 4.26. The highest BCUT2D eigenvalue weighted by Gasteiger charge is 2.18. The van der Waals surface area contributed by atoms with Crippen LogP contribution in [0, 0.1) is 25.1 Å². The van der Waals surface area contributed by atoms with Gasteiger partial charge in [-0.2, -0.15) is 0 Å². The summed E-state index contributed by atoms with van der Waals surface area (Å²) in [6, 6.07) is 19.2. The topological polar surface area (TPSA) is 84.7 Å². The molecular formula is C35H44FN3O3. The maximum absolute atomic E-state index is 13.0. The Morgan fingerprint density at radius 1 is 0.976 bits per heavy atom. The fourth-order valence-corrected chi connectivity index (χ4v) is 4.26. The van der Waals surface area contributed by atoms with Crippen LogP contribution >= 0.6 is 0 Å². The summed E-state index contributed by atoms with van der Waals surface area (Å²) in [5.41, 5.74) is 10.7. The Labute approximate surface area is 250 Å². The van der Waals surface area contributed by atoms with E-state index in [1.165, 1.54) is 17.7 Å². The van der Waals surface area contributed by atoms with Crippen molar-refractivity contribution in [3.05, 3.63) is 106 Å². The minimum atomic E-state index is -0.361. The highest BCUT2D eigenvalue weighted by Crippen LogP contribution is 2.14. The molecule has 1 atom stereocenters. The lowest BCUT2D eigenvalue weighted by Gasteiger charge is -2.22. The van der Waals surface area contributed by atoms with Crippen LogP contribution in [0.5, 0.6) is 0 Å². The fraction of sp³-hybridized carbons (Fsp3) is 0.371. The van der Waals surface area contributed by atoms with Crippen LogP contribution in [0.4, 0.5) is 4.39 Å². The average molecular weight is 574 g/mol. The Balaban J connectivity index is 0.000000661. The van der Waals surface area contributed by atoms with Gasteiger partial charge in [0, 0.05) is 42.4 Å².